The van der Waals surface area contributed by atoms with Gasteiger partial charge in [-0.05, 0) is 44.5 Å². The third-order valence-electron chi connectivity index (χ3n) is 5.09. The molecular formula is C17H27Cl2N3O2. The van der Waals surface area contributed by atoms with Gasteiger partial charge in [-0.1, -0.05) is 18.2 Å². The van der Waals surface area contributed by atoms with Crippen LogP contribution in [0.1, 0.15) is 19.3 Å². The third-order valence-corrected chi connectivity index (χ3v) is 5.09. The van der Waals surface area contributed by atoms with Crippen LogP contribution in [0, 0.1) is 5.41 Å². The number of carbonyl (C=O) groups excluding carboxylic acids is 1. The number of rotatable bonds is 4. The van der Waals surface area contributed by atoms with Gasteiger partial charge in [0.25, 0.3) is 0 Å². The second-order valence-electron chi connectivity index (χ2n) is 6.53. The maximum Gasteiger partial charge on any atom is 0.238 e. The molecule has 7 heteroatoms. The van der Waals surface area contributed by atoms with E-state index in [0.29, 0.717) is 12.6 Å². The predicted molar refractivity (Wildman–Crippen MR) is 101 cm³/mol. The normalized spacial score (nSPS) is 26.5. The summed E-state index contributed by atoms with van der Waals surface area (Å²) in [6, 6.07) is 9.85. The quantitative estimate of drug-likeness (QED) is 0.751. The number of piperidine rings is 2. The van der Waals surface area contributed by atoms with Crippen LogP contribution in [-0.2, 0) is 4.79 Å². The molecule has 0 aliphatic carbocycles. The van der Waals surface area contributed by atoms with Gasteiger partial charge in [-0.15, -0.1) is 24.8 Å². The van der Waals surface area contributed by atoms with Crippen LogP contribution in [-0.4, -0.2) is 54.7 Å². The number of amides is 1. The average molecular weight is 376 g/mol. The van der Waals surface area contributed by atoms with Crippen LogP contribution in [0.5, 0.6) is 0 Å². The summed E-state index contributed by atoms with van der Waals surface area (Å²) < 4.78 is 0. The van der Waals surface area contributed by atoms with Crippen LogP contribution in [0.3, 0.4) is 0 Å². The van der Waals surface area contributed by atoms with E-state index in [-0.39, 0.29) is 42.7 Å². The molecule has 1 aromatic carbocycles. The molecule has 0 radical (unpaired) electrons. The molecular weight excluding hydrogens is 349 g/mol. The maximum atomic E-state index is 12.2. The first kappa shape index (κ1) is 21.2. The highest BCUT2D eigenvalue weighted by molar-refractivity contribution is 5.92. The molecule has 0 spiro atoms. The van der Waals surface area contributed by atoms with E-state index in [1.807, 2.05) is 30.3 Å². The molecule has 0 unspecified atom stereocenters. The lowest BCUT2D eigenvalue weighted by atomic mass is 9.70. The first-order valence-electron chi connectivity index (χ1n) is 8.13. The van der Waals surface area contributed by atoms with E-state index in [2.05, 4.69) is 15.5 Å². The molecule has 1 aromatic rings. The number of fused-ring (bicyclic) bond motifs is 1. The predicted octanol–water partition coefficient (Wildman–Crippen LogP) is 1.91. The number of likely N-dealkylation sites (tertiary alicyclic amines) is 1. The minimum atomic E-state index is 0. The lowest BCUT2D eigenvalue weighted by Crippen LogP contribution is -2.61. The van der Waals surface area contributed by atoms with Gasteiger partial charge >= 0.3 is 0 Å². The van der Waals surface area contributed by atoms with Crippen LogP contribution in [0.2, 0.25) is 0 Å². The van der Waals surface area contributed by atoms with Gasteiger partial charge in [-0.2, -0.15) is 0 Å². The minimum Gasteiger partial charge on any atom is -0.396 e. The Morgan fingerprint density at radius 1 is 1.29 bits per heavy atom. The van der Waals surface area contributed by atoms with Crippen molar-refractivity contribution in [1.82, 2.24) is 10.2 Å². The summed E-state index contributed by atoms with van der Waals surface area (Å²) in [6.45, 7) is 3.38. The highest BCUT2D eigenvalue weighted by atomic mass is 35.5. The Balaban J connectivity index is 0.00000144. The fourth-order valence-corrected chi connectivity index (χ4v) is 3.73. The molecule has 2 aliphatic rings. The first-order valence-corrected chi connectivity index (χ1v) is 8.13. The Bertz CT molecular complexity index is 518. The average Bonchev–Trinajstić information content (AvgIpc) is 2.55. The van der Waals surface area contributed by atoms with Crippen molar-refractivity contribution < 1.29 is 9.90 Å². The number of aliphatic hydroxyl groups excluding tert-OH is 1. The summed E-state index contributed by atoms with van der Waals surface area (Å²) in [5.74, 6) is 0.0264. The topological polar surface area (TPSA) is 64.6 Å². The Labute approximate surface area is 156 Å². The number of aliphatic hydroxyl groups is 1. The molecule has 5 nitrogen and oxygen atoms in total. The van der Waals surface area contributed by atoms with E-state index in [4.69, 9.17) is 0 Å². The number of halogens is 2. The monoisotopic (exact) mass is 375 g/mol. The number of benzene rings is 1. The standard InChI is InChI=1S/C17H25N3O2.2ClH/c21-13-17-7-4-9-18-15(17)11-20(10-8-17)12-16(22)19-14-5-2-1-3-6-14;;/h1-3,5-6,15,18,21H,4,7-13H2,(H,19,22);2*1H/t15-,17-;;/m1../s1. The van der Waals surface area contributed by atoms with Crippen LogP contribution >= 0.6 is 24.8 Å². The lowest BCUT2D eigenvalue weighted by molar-refractivity contribution is -0.118. The van der Waals surface area contributed by atoms with Crippen molar-refractivity contribution in [1.29, 1.82) is 0 Å². The number of anilines is 1. The Morgan fingerprint density at radius 3 is 2.75 bits per heavy atom. The van der Waals surface area contributed by atoms with Gasteiger partial charge < -0.3 is 15.7 Å². The lowest BCUT2D eigenvalue weighted by Gasteiger charge is -2.50. The summed E-state index contributed by atoms with van der Waals surface area (Å²) in [7, 11) is 0. The Kier molecular flexibility index (Phi) is 8.46. The number of hydrogen-bond donors (Lipinski definition) is 3. The maximum absolute atomic E-state index is 12.2. The largest absolute Gasteiger partial charge is 0.396 e. The van der Waals surface area contributed by atoms with Crippen molar-refractivity contribution in [3.8, 4) is 0 Å². The molecule has 2 fully saturated rings. The molecule has 1 amide bonds. The fraction of sp³-hybridized carbons (Fsp3) is 0.588. The summed E-state index contributed by atoms with van der Waals surface area (Å²) in [6.07, 6.45) is 3.18. The summed E-state index contributed by atoms with van der Waals surface area (Å²) in [5, 5.41) is 16.3. The van der Waals surface area contributed by atoms with E-state index < -0.39 is 0 Å². The molecule has 2 atom stereocenters. The second-order valence-corrected chi connectivity index (χ2v) is 6.53. The number of nitrogens with one attached hydrogen (secondary N) is 2. The fourth-order valence-electron chi connectivity index (χ4n) is 3.73. The van der Waals surface area contributed by atoms with Gasteiger partial charge in [0.05, 0.1) is 13.2 Å². The van der Waals surface area contributed by atoms with Crippen molar-refractivity contribution in [3.05, 3.63) is 30.3 Å². The van der Waals surface area contributed by atoms with Crippen LogP contribution in [0.4, 0.5) is 5.69 Å². The van der Waals surface area contributed by atoms with Crippen molar-refractivity contribution in [2.75, 3.05) is 38.1 Å². The molecule has 0 aromatic heterocycles. The molecule has 24 heavy (non-hydrogen) atoms. The van der Waals surface area contributed by atoms with E-state index in [9.17, 15) is 9.90 Å². The number of carbonyl (C=O) groups is 1. The van der Waals surface area contributed by atoms with Crippen molar-refractivity contribution in [2.24, 2.45) is 5.41 Å². The van der Waals surface area contributed by atoms with Crippen molar-refractivity contribution >= 4 is 36.4 Å². The van der Waals surface area contributed by atoms with Crippen LogP contribution < -0.4 is 10.6 Å². The van der Waals surface area contributed by atoms with Crippen molar-refractivity contribution in [3.63, 3.8) is 0 Å². The van der Waals surface area contributed by atoms with Gasteiger partial charge in [0.15, 0.2) is 0 Å². The molecule has 3 rings (SSSR count). The number of para-hydroxylation sites is 1. The van der Waals surface area contributed by atoms with Gasteiger partial charge in [-0.25, -0.2) is 0 Å². The van der Waals surface area contributed by atoms with Gasteiger partial charge in [0.1, 0.15) is 0 Å². The molecule has 136 valence electrons. The third kappa shape index (κ3) is 4.83. The summed E-state index contributed by atoms with van der Waals surface area (Å²) in [4.78, 5) is 14.4. The highest BCUT2D eigenvalue weighted by Gasteiger charge is 2.44. The zero-order chi connectivity index (χ0) is 15.4. The zero-order valence-electron chi connectivity index (χ0n) is 13.7. The van der Waals surface area contributed by atoms with E-state index in [1.165, 1.54) is 0 Å². The molecule has 2 heterocycles. The van der Waals surface area contributed by atoms with Gasteiger partial charge in [0, 0.05) is 23.7 Å². The number of nitrogens with zero attached hydrogens (tertiary/aromatic N) is 1. The van der Waals surface area contributed by atoms with E-state index in [1.54, 1.807) is 0 Å². The molecule has 0 bridgehead atoms. The smallest absolute Gasteiger partial charge is 0.238 e. The molecule has 0 saturated carbocycles. The van der Waals surface area contributed by atoms with Crippen LogP contribution in [0.25, 0.3) is 0 Å². The number of hydrogen-bond acceptors (Lipinski definition) is 4. The van der Waals surface area contributed by atoms with Crippen LogP contribution in [0.15, 0.2) is 30.3 Å². The van der Waals surface area contributed by atoms with Crippen molar-refractivity contribution in [2.45, 2.75) is 25.3 Å². The Hall–Kier alpha value is -0.850. The highest BCUT2D eigenvalue weighted by Crippen LogP contribution is 2.38. The minimum absolute atomic E-state index is 0. The summed E-state index contributed by atoms with van der Waals surface area (Å²) >= 11 is 0. The zero-order valence-corrected chi connectivity index (χ0v) is 15.4. The van der Waals surface area contributed by atoms with E-state index in [0.717, 1.165) is 44.6 Å². The first-order chi connectivity index (χ1) is 10.7. The Morgan fingerprint density at radius 2 is 2.04 bits per heavy atom. The second kappa shape index (κ2) is 9.59. The van der Waals surface area contributed by atoms with Gasteiger partial charge in [-0.3, -0.25) is 9.69 Å². The molecule has 2 aliphatic heterocycles. The van der Waals surface area contributed by atoms with Gasteiger partial charge in [0.2, 0.25) is 5.91 Å². The van der Waals surface area contributed by atoms with E-state index >= 15 is 0 Å². The SMILES string of the molecule is Cl.Cl.O=C(CN1CC[C@@]2(CO)CCCN[C@@H]2C1)Nc1ccccc1. The molecule has 3 N–H and O–H groups in total. The summed E-state index contributed by atoms with van der Waals surface area (Å²) in [5.41, 5.74) is 0.856. The molecule has 2 saturated heterocycles.